The number of para-hydroxylation sites is 2. The molecule has 0 radical (unpaired) electrons. The van der Waals surface area contributed by atoms with E-state index in [0.29, 0.717) is 0 Å². The quantitative estimate of drug-likeness (QED) is 0.177. The Bertz CT molecular complexity index is 2880. The van der Waals surface area contributed by atoms with E-state index < -0.39 is 5.41 Å². The van der Waals surface area contributed by atoms with Crippen LogP contribution < -0.4 is 9.64 Å². The van der Waals surface area contributed by atoms with Gasteiger partial charge in [0.05, 0.1) is 5.41 Å². The van der Waals surface area contributed by atoms with Crippen molar-refractivity contribution in [3.63, 3.8) is 0 Å². The van der Waals surface area contributed by atoms with Gasteiger partial charge in [0.15, 0.2) is 0 Å². The van der Waals surface area contributed by atoms with Gasteiger partial charge in [0, 0.05) is 33.6 Å². The number of fused-ring (bicyclic) bond motifs is 11. The molecular formula is C53H35NO. The zero-order chi connectivity index (χ0) is 36.3. The number of hydrogen-bond donors (Lipinski definition) is 0. The van der Waals surface area contributed by atoms with E-state index in [-0.39, 0.29) is 0 Å². The summed E-state index contributed by atoms with van der Waals surface area (Å²) in [5.74, 6) is 1.84. The molecule has 1 atom stereocenters. The van der Waals surface area contributed by atoms with Gasteiger partial charge in [-0.15, -0.1) is 0 Å². The largest absolute Gasteiger partial charge is 0.456 e. The van der Waals surface area contributed by atoms with Crippen LogP contribution in [-0.2, 0) is 5.41 Å². The molecule has 55 heavy (non-hydrogen) atoms. The molecule has 0 saturated carbocycles. The molecule has 0 fully saturated rings. The van der Waals surface area contributed by atoms with Crippen molar-refractivity contribution in [2.24, 2.45) is 0 Å². The van der Waals surface area contributed by atoms with Crippen molar-refractivity contribution in [1.82, 2.24) is 0 Å². The molecule has 11 rings (SSSR count). The Morgan fingerprint density at radius 2 is 0.909 bits per heavy atom. The van der Waals surface area contributed by atoms with Crippen molar-refractivity contribution >= 4 is 27.8 Å². The maximum atomic E-state index is 6.86. The first kappa shape index (κ1) is 31.4. The van der Waals surface area contributed by atoms with Gasteiger partial charge in [0.25, 0.3) is 0 Å². The first-order valence-corrected chi connectivity index (χ1v) is 18.9. The zero-order valence-electron chi connectivity index (χ0n) is 30.1. The third kappa shape index (κ3) is 4.75. The summed E-state index contributed by atoms with van der Waals surface area (Å²) in [6.07, 6.45) is 0. The Labute approximate surface area is 321 Å². The highest BCUT2D eigenvalue weighted by Crippen LogP contribution is 2.64. The lowest BCUT2D eigenvalue weighted by Gasteiger charge is -2.39. The van der Waals surface area contributed by atoms with Crippen LogP contribution in [0, 0.1) is 0 Å². The van der Waals surface area contributed by atoms with Crippen LogP contribution in [0.25, 0.3) is 44.2 Å². The summed E-state index contributed by atoms with van der Waals surface area (Å²) >= 11 is 0. The molecule has 0 aromatic heterocycles. The van der Waals surface area contributed by atoms with Gasteiger partial charge in [-0.05, 0) is 92.4 Å². The predicted octanol–water partition coefficient (Wildman–Crippen LogP) is 14.1. The molecule has 1 unspecified atom stereocenters. The van der Waals surface area contributed by atoms with Crippen LogP contribution in [-0.4, -0.2) is 0 Å². The first-order valence-electron chi connectivity index (χ1n) is 18.9. The Balaban J connectivity index is 1.07. The molecule has 0 N–H and O–H groups in total. The first-order chi connectivity index (χ1) is 27.3. The Morgan fingerprint density at radius 1 is 0.345 bits per heavy atom. The van der Waals surface area contributed by atoms with Crippen LogP contribution in [0.1, 0.15) is 22.3 Å². The maximum absolute atomic E-state index is 6.86. The van der Waals surface area contributed by atoms with E-state index in [0.717, 1.165) is 33.9 Å². The van der Waals surface area contributed by atoms with Crippen LogP contribution in [0.3, 0.4) is 0 Å². The van der Waals surface area contributed by atoms with Crippen molar-refractivity contribution in [3.05, 3.63) is 235 Å². The second-order valence-corrected chi connectivity index (χ2v) is 14.4. The van der Waals surface area contributed by atoms with E-state index in [9.17, 15) is 0 Å². The zero-order valence-corrected chi connectivity index (χ0v) is 30.1. The van der Waals surface area contributed by atoms with Gasteiger partial charge < -0.3 is 9.64 Å². The Morgan fingerprint density at radius 3 is 1.69 bits per heavy atom. The summed E-state index contributed by atoms with van der Waals surface area (Å²) in [4.78, 5) is 2.33. The minimum atomic E-state index is -0.536. The summed E-state index contributed by atoms with van der Waals surface area (Å²) < 4.78 is 6.86. The van der Waals surface area contributed by atoms with Crippen molar-refractivity contribution in [3.8, 4) is 44.9 Å². The van der Waals surface area contributed by atoms with Crippen LogP contribution in [0.15, 0.2) is 212 Å². The highest BCUT2D eigenvalue weighted by Gasteiger charge is 2.51. The van der Waals surface area contributed by atoms with E-state index >= 15 is 0 Å². The molecule has 1 aliphatic carbocycles. The smallest absolute Gasteiger partial charge is 0.140 e. The molecule has 0 saturated heterocycles. The fraction of sp³-hybridized carbons (Fsp3) is 0.0189. The van der Waals surface area contributed by atoms with Gasteiger partial charge in [-0.25, -0.2) is 0 Å². The number of anilines is 3. The highest BCUT2D eigenvalue weighted by atomic mass is 16.5. The molecule has 1 aliphatic heterocycles. The van der Waals surface area contributed by atoms with E-state index in [4.69, 9.17) is 4.74 Å². The van der Waals surface area contributed by atoms with Gasteiger partial charge in [0.1, 0.15) is 11.5 Å². The maximum Gasteiger partial charge on any atom is 0.140 e. The fourth-order valence-corrected chi connectivity index (χ4v) is 9.17. The van der Waals surface area contributed by atoms with Gasteiger partial charge in [-0.2, -0.15) is 0 Å². The average molecular weight is 702 g/mol. The van der Waals surface area contributed by atoms with Crippen LogP contribution in [0.4, 0.5) is 17.1 Å². The van der Waals surface area contributed by atoms with E-state index in [2.05, 4.69) is 217 Å². The number of ether oxygens (including phenoxy) is 1. The lowest BCUT2D eigenvalue weighted by molar-refractivity contribution is 0.441. The molecule has 9 aromatic carbocycles. The molecule has 1 spiro atoms. The predicted molar refractivity (Wildman–Crippen MR) is 227 cm³/mol. The number of rotatable bonds is 5. The van der Waals surface area contributed by atoms with Gasteiger partial charge in [0.2, 0.25) is 0 Å². The minimum Gasteiger partial charge on any atom is -0.456 e. The van der Waals surface area contributed by atoms with Gasteiger partial charge in [-0.3, -0.25) is 0 Å². The van der Waals surface area contributed by atoms with E-state index in [1.807, 2.05) is 0 Å². The third-order valence-corrected chi connectivity index (χ3v) is 11.5. The van der Waals surface area contributed by atoms with Crippen molar-refractivity contribution in [2.45, 2.75) is 5.41 Å². The SMILES string of the molecule is c1ccc(-c2ccc(N(c3ccccc3)c3ccc(-c4cccc5c4-c4ccccc4C54c5ccccc5Oc5c4ccc4ccccc54)cc3)cc2)cc1. The Kier molecular flexibility index (Phi) is 7.11. The Hall–Kier alpha value is -7.16. The monoisotopic (exact) mass is 701 g/mol. The summed E-state index contributed by atoms with van der Waals surface area (Å²) in [7, 11) is 0. The average Bonchev–Trinajstić information content (AvgIpc) is 3.56. The minimum absolute atomic E-state index is 0.536. The second-order valence-electron chi connectivity index (χ2n) is 14.4. The van der Waals surface area contributed by atoms with Crippen molar-refractivity contribution in [2.75, 3.05) is 4.90 Å². The summed E-state index contributed by atoms with van der Waals surface area (Å²) in [6, 6.07) is 76.7. The van der Waals surface area contributed by atoms with E-state index in [1.165, 1.54) is 61.0 Å². The highest BCUT2D eigenvalue weighted by molar-refractivity contribution is 5.99. The molecule has 0 amide bonds. The molecule has 258 valence electrons. The second kappa shape index (κ2) is 12.5. The number of hydrogen-bond acceptors (Lipinski definition) is 2. The standard InChI is InChI=1S/C53H35NO/c1-3-14-36(15-4-1)37-26-31-41(32-27-37)54(40-17-5-2-6-18-40)42-33-28-39(29-34-42)43-21-13-24-48-51(43)45-20-9-10-22-46(45)53(48)47-23-11-12-25-50(47)55-52-44-19-8-7-16-38(44)30-35-49(52)53/h1-35H. The van der Waals surface area contributed by atoms with Crippen molar-refractivity contribution < 1.29 is 4.74 Å². The molecule has 9 aromatic rings. The van der Waals surface area contributed by atoms with Gasteiger partial charge in [-0.1, -0.05) is 170 Å². The molecule has 2 aliphatic rings. The summed E-state index contributed by atoms with van der Waals surface area (Å²) in [5.41, 5.74) is 15.1. The molecular weight excluding hydrogens is 667 g/mol. The summed E-state index contributed by atoms with van der Waals surface area (Å²) in [5, 5.41) is 2.30. The molecule has 2 heteroatoms. The number of benzene rings is 9. The molecule has 1 heterocycles. The lowest BCUT2D eigenvalue weighted by Crippen LogP contribution is -2.32. The van der Waals surface area contributed by atoms with Crippen LogP contribution >= 0.6 is 0 Å². The van der Waals surface area contributed by atoms with Crippen LogP contribution in [0.2, 0.25) is 0 Å². The van der Waals surface area contributed by atoms with Crippen molar-refractivity contribution in [1.29, 1.82) is 0 Å². The normalized spacial score (nSPS) is 14.8. The van der Waals surface area contributed by atoms with Crippen LogP contribution in [0.5, 0.6) is 11.5 Å². The molecule has 2 nitrogen and oxygen atoms in total. The third-order valence-electron chi connectivity index (χ3n) is 11.5. The topological polar surface area (TPSA) is 12.5 Å². The number of nitrogens with zero attached hydrogens (tertiary/aromatic N) is 1. The fourth-order valence-electron chi connectivity index (χ4n) is 9.17. The van der Waals surface area contributed by atoms with E-state index in [1.54, 1.807) is 0 Å². The molecule has 0 bridgehead atoms. The lowest BCUT2D eigenvalue weighted by atomic mass is 9.65. The van der Waals surface area contributed by atoms with Gasteiger partial charge >= 0.3 is 0 Å². The summed E-state index contributed by atoms with van der Waals surface area (Å²) in [6.45, 7) is 0.